The smallest absolute Gasteiger partial charge is 0.243 e. The zero-order valence-corrected chi connectivity index (χ0v) is 15.2. The Morgan fingerprint density at radius 1 is 1.12 bits per heavy atom. The summed E-state index contributed by atoms with van der Waals surface area (Å²) < 4.78 is 1.12. The minimum absolute atomic E-state index is 0.126. The quantitative estimate of drug-likeness (QED) is 0.708. The Morgan fingerprint density at radius 2 is 1.88 bits per heavy atom. The highest BCUT2D eigenvalue weighted by molar-refractivity contribution is 14.1. The van der Waals surface area contributed by atoms with E-state index in [-0.39, 0.29) is 18.4 Å². The zero-order valence-electron chi connectivity index (χ0n) is 13.1. The Kier molecular flexibility index (Phi) is 5.34. The molecule has 1 saturated heterocycles. The number of benzene rings is 2. The summed E-state index contributed by atoms with van der Waals surface area (Å²) in [5.74, 6) is 0.00588. The minimum Gasteiger partial charge on any atom is -0.374 e. The Morgan fingerprint density at radius 3 is 2.58 bits per heavy atom. The summed E-state index contributed by atoms with van der Waals surface area (Å²) in [6.07, 6.45) is 1.46. The highest BCUT2D eigenvalue weighted by atomic mass is 127. The summed E-state index contributed by atoms with van der Waals surface area (Å²) >= 11 is 2.22. The minimum atomic E-state index is -0.126. The van der Waals surface area contributed by atoms with Crippen LogP contribution in [0.15, 0.2) is 48.5 Å². The first-order valence-electron chi connectivity index (χ1n) is 7.82. The van der Waals surface area contributed by atoms with E-state index in [1.54, 1.807) is 4.90 Å². The summed E-state index contributed by atoms with van der Waals surface area (Å²) in [5, 5.41) is 5.99. The van der Waals surface area contributed by atoms with E-state index in [2.05, 4.69) is 33.2 Å². The van der Waals surface area contributed by atoms with Gasteiger partial charge in [0.25, 0.3) is 0 Å². The van der Waals surface area contributed by atoms with Crippen molar-refractivity contribution in [2.45, 2.75) is 12.8 Å². The van der Waals surface area contributed by atoms with Crippen LogP contribution in [0.4, 0.5) is 17.1 Å². The number of hydrogen-bond acceptors (Lipinski definition) is 3. The number of nitrogens with zero attached hydrogens (tertiary/aromatic N) is 1. The predicted octanol–water partition coefficient (Wildman–Crippen LogP) is 3.47. The zero-order chi connectivity index (χ0) is 16.9. The van der Waals surface area contributed by atoms with Gasteiger partial charge in [-0.15, -0.1) is 0 Å². The van der Waals surface area contributed by atoms with Gasteiger partial charge in [-0.1, -0.05) is 12.1 Å². The summed E-state index contributed by atoms with van der Waals surface area (Å²) in [6, 6.07) is 15.2. The van der Waals surface area contributed by atoms with E-state index in [4.69, 9.17) is 0 Å². The number of amides is 2. The van der Waals surface area contributed by atoms with Crippen molar-refractivity contribution in [1.29, 1.82) is 0 Å². The SMILES string of the molecule is O=C(CNc1ccccc1N1CCCC1=O)Nc1ccc(I)cc1. The van der Waals surface area contributed by atoms with Gasteiger partial charge < -0.3 is 15.5 Å². The molecule has 0 bridgehead atoms. The molecule has 0 spiro atoms. The molecule has 6 heteroatoms. The van der Waals surface area contributed by atoms with Crippen molar-refractivity contribution in [1.82, 2.24) is 0 Å². The van der Waals surface area contributed by atoms with Crippen LogP contribution in [-0.2, 0) is 9.59 Å². The van der Waals surface area contributed by atoms with Gasteiger partial charge in [0.1, 0.15) is 0 Å². The van der Waals surface area contributed by atoms with Gasteiger partial charge in [0.2, 0.25) is 11.8 Å². The number of carbonyl (C=O) groups excluding carboxylic acids is 2. The second-order valence-corrected chi connectivity index (χ2v) is 6.82. The van der Waals surface area contributed by atoms with Crippen LogP contribution in [0.2, 0.25) is 0 Å². The number of rotatable bonds is 5. The molecule has 5 nitrogen and oxygen atoms in total. The molecule has 0 aromatic heterocycles. The third-order valence-corrected chi connectivity index (χ3v) is 4.55. The van der Waals surface area contributed by atoms with Crippen molar-refractivity contribution in [2.75, 3.05) is 28.6 Å². The van der Waals surface area contributed by atoms with Crippen molar-refractivity contribution in [3.05, 3.63) is 52.1 Å². The molecule has 1 aliphatic heterocycles. The highest BCUT2D eigenvalue weighted by Crippen LogP contribution is 2.29. The number of hydrogen-bond donors (Lipinski definition) is 2. The van der Waals surface area contributed by atoms with Crippen LogP contribution in [0, 0.1) is 3.57 Å². The Hall–Kier alpha value is -2.09. The van der Waals surface area contributed by atoms with Gasteiger partial charge in [-0.3, -0.25) is 9.59 Å². The van der Waals surface area contributed by atoms with Gasteiger partial charge in [0.05, 0.1) is 17.9 Å². The maximum Gasteiger partial charge on any atom is 0.243 e. The summed E-state index contributed by atoms with van der Waals surface area (Å²) in [4.78, 5) is 25.8. The lowest BCUT2D eigenvalue weighted by atomic mass is 10.2. The van der Waals surface area contributed by atoms with Crippen LogP contribution in [0.5, 0.6) is 0 Å². The first-order valence-corrected chi connectivity index (χ1v) is 8.90. The van der Waals surface area contributed by atoms with Gasteiger partial charge in [-0.2, -0.15) is 0 Å². The Balaban J connectivity index is 1.63. The first kappa shape index (κ1) is 16.8. The lowest BCUT2D eigenvalue weighted by Crippen LogP contribution is -2.26. The van der Waals surface area contributed by atoms with E-state index in [9.17, 15) is 9.59 Å². The molecule has 0 atom stereocenters. The molecule has 1 aliphatic rings. The molecule has 0 unspecified atom stereocenters. The molecule has 3 rings (SSSR count). The Bertz CT molecular complexity index is 746. The number of halogens is 1. The van der Waals surface area contributed by atoms with Gasteiger partial charge in [-0.25, -0.2) is 0 Å². The van der Waals surface area contributed by atoms with Crippen LogP contribution in [0.3, 0.4) is 0 Å². The summed E-state index contributed by atoms with van der Waals surface area (Å²) in [5.41, 5.74) is 2.40. The number of para-hydroxylation sites is 2. The van der Waals surface area contributed by atoms with Gasteiger partial charge in [-0.05, 0) is 65.4 Å². The van der Waals surface area contributed by atoms with Crippen molar-refractivity contribution >= 4 is 51.5 Å². The molecular formula is C18H18IN3O2. The predicted molar refractivity (Wildman–Crippen MR) is 104 cm³/mol. The molecule has 2 N–H and O–H groups in total. The number of nitrogens with one attached hydrogen (secondary N) is 2. The highest BCUT2D eigenvalue weighted by Gasteiger charge is 2.23. The molecule has 1 fully saturated rings. The van der Waals surface area contributed by atoms with Crippen LogP contribution < -0.4 is 15.5 Å². The second-order valence-electron chi connectivity index (χ2n) is 5.57. The normalized spacial score (nSPS) is 13.9. The molecule has 2 aromatic rings. The largest absolute Gasteiger partial charge is 0.374 e. The van der Waals surface area contributed by atoms with E-state index in [0.717, 1.165) is 33.6 Å². The second kappa shape index (κ2) is 7.65. The third kappa shape index (κ3) is 4.05. The average Bonchev–Trinajstić information content (AvgIpc) is 3.01. The summed E-state index contributed by atoms with van der Waals surface area (Å²) in [7, 11) is 0. The monoisotopic (exact) mass is 435 g/mol. The Labute approximate surface area is 154 Å². The van der Waals surface area contributed by atoms with E-state index in [1.807, 2.05) is 48.5 Å². The van der Waals surface area contributed by atoms with Crippen molar-refractivity contribution in [3.63, 3.8) is 0 Å². The van der Waals surface area contributed by atoms with Gasteiger partial charge >= 0.3 is 0 Å². The summed E-state index contributed by atoms with van der Waals surface area (Å²) in [6.45, 7) is 0.872. The number of anilines is 3. The van der Waals surface area contributed by atoms with Gasteiger partial charge in [0, 0.05) is 22.2 Å². The van der Waals surface area contributed by atoms with Crippen molar-refractivity contribution in [2.24, 2.45) is 0 Å². The standard InChI is InChI=1S/C18H18IN3O2/c19-13-7-9-14(10-8-13)21-17(23)12-20-15-4-1-2-5-16(15)22-11-3-6-18(22)24/h1-2,4-5,7-10,20H,3,6,11-12H2,(H,21,23). The van der Waals surface area contributed by atoms with E-state index >= 15 is 0 Å². The van der Waals surface area contributed by atoms with Crippen LogP contribution in [0.25, 0.3) is 0 Å². The lowest BCUT2D eigenvalue weighted by molar-refractivity contribution is -0.117. The fourth-order valence-corrected chi connectivity index (χ4v) is 3.03. The molecular weight excluding hydrogens is 417 g/mol. The molecule has 2 amide bonds. The molecule has 0 radical (unpaired) electrons. The average molecular weight is 435 g/mol. The molecule has 2 aromatic carbocycles. The van der Waals surface area contributed by atoms with E-state index in [1.165, 1.54) is 0 Å². The van der Waals surface area contributed by atoms with Crippen LogP contribution in [-0.4, -0.2) is 24.9 Å². The third-order valence-electron chi connectivity index (χ3n) is 3.84. The van der Waals surface area contributed by atoms with Crippen LogP contribution >= 0.6 is 22.6 Å². The molecule has 24 heavy (non-hydrogen) atoms. The lowest BCUT2D eigenvalue weighted by Gasteiger charge is -2.20. The van der Waals surface area contributed by atoms with E-state index < -0.39 is 0 Å². The van der Waals surface area contributed by atoms with Gasteiger partial charge in [0.15, 0.2) is 0 Å². The maximum absolute atomic E-state index is 12.1. The van der Waals surface area contributed by atoms with E-state index in [0.29, 0.717) is 6.42 Å². The topological polar surface area (TPSA) is 61.4 Å². The van der Waals surface area contributed by atoms with Crippen molar-refractivity contribution < 1.29 is 9.59 Å². The molecule has 124 valence electrons. The maximum atomic E-state index is 12.1. The van der Waals surface area contributed by atoms with Crippen molar-refractivity contribution in [3.8, 4) is 0 Å². The van der Waals surface area contributed by atoms with Crippen LogP contribution in [0.1, 0.15) is 12.8 Å². The fraction of sp³-hybridized carbons (Fsp3) is 0.222. The fourth-order valence-electron chi connectivity index (χ4n) is 2.68. The first-order chi connectivity index (χ1) is 11.6. The molecule has 0 saturated carbocycles. The molecule has 0 aliphatic carbocycles. The molecule has 1 heterocycles. The number of carbonyl (C=O) groups is 2.